The highest BCUT2D eigenvalue weighted by atomic mass is 35.5. The molecule has 0 amide bonds. The molecule has 1 saturated heterocycles. The summed E-state index contributed by atoms with van der Waals surface area (Å²) in [6.07, 6.45) is 1.29. The molecular formula is C13H18ClN3O. The van der Waals surface area contributed by atoms with Crippen molar-refractivity contribution in [2.24, 2.45) is 5.73 Å². The summed E-state index contributed by atoms with van der Waals surface area (Å²) in [5.41, 5.74) is 7.10. The Morgan fingerprint density at radius 2 is 2.39 bits per heavy atom. The minimum Gasteiger partial charge on any atom is -0.384 e. The maximum Gasteiger partial charge on any atom is 0.124 e. The van der Waals surface area contributed by atoms with Gasteiger partial charge >= 0.3 is 0 Å². The van der Waals surface area contributed by atoms with Crippen LogP contribution in [0.5, 0.6) is 0 Å². The van der Waals surface area contributed by atoms with Crippen LogP contribution in [0.4, 0.5) is 5.69 Å². The third kappa shape index (κ3) is 2.76. The summed E-state index contributed by atoms with van der Waals surface area (Å²) >= 11 is 6.14. The summed E-state index contributed by atoms with van der Waals surface area (Å²) in [6.45, 7) is 4.61. The average molecular weight is 268 g/mol. The first-order chi connectivity index (χ1) is 8.61. The molecule has 1 aliphatic heterocycles. The monoisotopic (exact) mass is 267 g/mol. The predicted octanol–water partition coefficient (Wildman–Crippen LogP) is 2.24. The molecule has 1 fully saturated rings. The molecule has 0 bridgehead atoms. The van der Waals surface area contributed by atoms with Crippen LogP contribution in [0.25, 0.3) is 0 Å². The molecule has 0 radical (unpaired) electrons. The molecule has 5 heteroatoms. The predicted molar refractivity (Wildman–Crippen MR) is 74.7 cm³/mol. The lowest BCUT2D eigenvalue weighted by molar-refractivity contribution is 0.0384. The standard InChI is InChI=1S/C13H18ClN3O/c1-2-10-8-17(5-6-18-10)9-3-4-11(13(15)16)12(14)7-9/h3-4,7,10H,2,5-6,8H2,1H3,(H3,15,16). The number of anilines is 1. The zero-order valence-corrected chi connectivity index (χ0v) is 11.2. The highest BCUT2D eigenvalue weighted by molar-refractivity contribution is 6.34. The van der Waals surface area contributed by atoms with Gasteiger partial charge in [-0.3, -0.25) is 5.41 Å². The number of hydrogen-bond acceptors (Lipinski definition) is 3. The van der Waals surface area contributed by atoms with Crippen LogP contribution < -0.4 is 10.6 Å². The summed E-state index contributed by atoms with van der Waals surface area (Å²) in [7, 11) is 0. The topological polar surface area (TPSA) is 62.3 Å². The van der Waals surface area contributed by atoms with Gasteiger partial charge < -0.3 is 15.4 Å². The van der Waals surface area contributed by atoms with Crippen molar-refractivity contribution >= 4 is 23.1 Å². The van der Waals surface area contributed by atoms with Crippen molar-refractivity contribution in [3.05, 3.63) is 28.8 Å². The molecule has 18 heavy (non-hydrogen) atoms. The normalized spacial score (nSPS) is 19.9. The highest BCUT2D eigenvalue weighted by Gasteiger charge is 2.19. The maximum absolute atomic E-state index is 7.41. The van der Waals surface area contributed by atoms with E-state index >= 15 is 0 Å². The van der Waals surface area contributed by atoms with Crippen molar-refractivity contribution in [3.8, 4) is 0 Å². The maximum atomic E-state index is 7.41. The van der Waals surface area contributed by atoms with Gasteiger partial charge in [0.05, 0.1) is 17.7 Å². The lowest BCUT2D eigenvalue weighted by atomic mass is 10.1. The smallest absolute Gasteiger partial charge is 0.124 e. The number of nitrogens with two attached hydrogens (primary N) is 1. The van der Waals surface area contributed by atoms with E-state index in [1.807, 2.05) is 12.1 Å². The number of amidine groups is 1. The second kappa shape index (κ2) is 5.59. The average Bonchev–Trinajstić information content (AvgIpc) is 2.38. The van der Waals surface area contributed by atoms with Crippen molar-refractivity contribution in [1.29, 1.82) is 5.41 Å². The van der Waals surface area contributed by atoms with Crippen molar-refractivity contribution in [2.45, 2.75) is 19.4 Å². The van der Waals surface area contributed by atoms with E-state index in [2.05, 4.69) is 11.8 Å². The lowest BCUT2D eigenvalue weighted by Crippen LogP contribution is -2.42. The first-order valence-electron chi connectivity index (χ1n) is 6.12. The zero-order valence-electron chi connectivity index (χ0n) is 10.4. The Morgan fingerprint density at radius 1 is 1.61 bits per heavy atom. The van der Waals surface area contributed by atoms with Gasteiger partial charge in [0.15, 0.2) is 0 Å². The van der Waals surface area contributed by atoms with Gasteiger partial charge in [-0.15, -0.1) is 0 Å². The molecule has 0 aromatic heterocycles. The number of hydrogen-bond donors (Lipinski definition) is 2. The van der Waals surface area contributed by atoms with Crippen LogP contribution in [0.15, 0.2) is 18.2 Å². The summed E-state index contributed by atoms with van der Waals surface area (Å²) in [5, 5.41) is 7.94. The number of nitrogens with one attached hydrogen (secondary N) is 1. The van der Waals surface area contributed by atoms with Crippen LogP contribution in [0, 0.1) is 5.41 Å². The van der Waals surface area contributed by atoms with E-state index in [1.54, 1.807) is 6.07 Å². The third-order valence-electron chi connectivity index (χ3n) is 3.20. The van der Waals surface area contributed by atoms with Crippen LogP contribution in [0.3, 0.4) is 0 Å². The van der Waals surface area contributed by atoms with Crippen LogP contribution >= 0.6 is 11.6 Å². The summed E-state index contributed by atoms with van der Waals surface area (Å²) in [6, 6.07) is 5.63. The molecule has 0 aliphatic carbocycles. The molecular weight excluding hydrogens is 250 g/mol. The largest absolute Gasteiger partial charge is 0.384 e. The molecule has 2 rings (SSSR count). The van der Waals surface area contributed by atoms with Crippen molar-refractivity contribution in [1.82, 2.24) is 0 Å². The minimum atomic E-state index is -0.0000350. The molecule has 98 valence electrons. The molecule has 4 nitrogen and oxygen atoms in total. The van der Waals surface area contributed by atoms with Crippen LogP contribution in [-0.2, 0) is 4.74 Å². The molecule has 1 heterocycles. The van der Waals surface area contributed by atoms with Gasteiger partial charge in [0.2, 0.25) is 0 Å². The lowest BCUT2D eigenvalue weighted by Gasteiger charge is -2.34. The number of morpholine rings is 1. The number of nitrogen functional groups attached to an aromatic ring is 1. The minimum absolute atomic E-state index is 0.0000350. The second-order valence-corrected chi connectivity index (χ2v) is 4.83. The Bertz CT molecular complexity index is 450. The van der Waals surface area contributed by atoms with E-state index in [-0.39, 0.29) is 11.9 Å². The molecule has 3 N–H and O–H groups in total. The third-order valence-corrected chi connectivity index (χ3v) is 3.51. The van der Waals surface area contributed by atoms with Gasteiger partial charge in [0, 0.05) is 24.3 Å². The van der Waals surface area contributed by atoms with E-state index in [0.717, 1.165) is 31.8 Å². The SMILES string of the molecule is CCC1CN(c2ccc(C(=N)N)c(Cl)c2)CCO1. The van der Waals surface area contributed by atoms with Gasteiger partial charge in [0.1, 0.15) is 5.84 Å². The zero-order chi connectivity index (χ0) is 13.1. The highest BCUT2D eigenvalue weighted by Crippen LogP contribution is 2.25. The number of benzene rings is 1. The van der Waals surface area contributed by atoms with Crippen molar-refractivity contribution in [2.75, 3.05) is 24.6 Å². The summed E-state index contributed by atoms with van der Waals surface area (Å²) in [5.74, 6) is -0.0000350. The van der Waals surface area contributed by atoms with Gasteiger partial charge in [-0.25, -0.2) is 0 Å². The van der Waals surface area contributed by atoms with Gasteiger partial charge in [-0.05, 0) is 24.6 Å². The van der Waals surface area contributed by atoms with Gasteiger partial charge in [-0.2, -0.15) is 0 Å². The van der Waals surface area contributed by atoms with E-state index < -0.39 is 0 Å². The van der Waals surface area contributed by atoms with Crippen LogP contribution in [-0.4, -0.2) is 31.6 Å². The molecule has 0 saturated carbocycles. The van der Waals surface area contributed by atoms with E-state index in [0.29, 0.717) is 10.6 Å². The van der Waals surface area contributed by atoms with Crippen molar-refractivity contribution < 1.29 is 4.74 Å². The molecule has 1 unspecified atom stereocenters. The van der Waals surface area contributed by atoms with Gasteiger partial charge in [0.25, 0.3) is 0 Å². The first-order valence-corrected chi connectivity index (χ1v) is 6.50. The number of nitrogens with zero attached hydrogens (tertiary/aromatic N) is 1. The second-order valence-electron chi connectivity index (χ2n) is 4.42. The number of rotatable bonds is 3. The Hall–Kier alpha value is -1.26. The Balaban J connectivity index is 2.18. The quantitative estimate of drug-likeness (QED) is 0.652. The molecule has 1 aromatic rings. The van der Waals surface area contributed by atoms with E-state index in [4.69, 9.17) is 27.5 Å². The number of ether oxygens (including phenoxy) is 1. The van der Waals surface area contributed by atoms with Crippen LogP contribution in [0.2, 0.25) is 5.02 Å². The number of halogens is 1. The molecule has 0 spiro atoms. The summed E-state index contributed by atoms with van der Waals surface area (Å²) in [4.78, 5) is 2.26. The fourth-order valence-corrected chi connectivity index (χ4v) is 2.40. The van der Waals surface area contributed by atoms with Crippen molar-refractivity contribution in [3.63, 3.8) is 0 Å². The Kier molecular flexibility index (Phi) is 4.09. The molecule has 1 atom stereocenters. The first kappa shape index (κ1) is 13.2. The molecule has 1 aliphatic rings. The Labute approximate surface area is 112 Å². The fraction of sp³-hybridized carbons (Fsp3) is 0.462. The Morgan fingerprint density at radius 3 is 3.00 bits per heavy atom. The van der Waals surface area contributed by atoms with E-state index in [1.165, 1.54) is 0 Å². The van der Waals surface area contributed by atoms with Crippen LogP contribution in [0.1, 0.15) is 18.9 Å². The van der Waals surface area contributed by atoms with E-state index in [9.17, 15) is 0 Å². The van der Waals surface area contributed by atoms with Gasteiger partial charge in [-0.1, -0.05) is 18.5 Å². The summed E-state index contributed by atoms with van der Waals surface area (Å²) < 4.78 is 5.64. The molecule has 1 aromatic carbocycles. The fourth-order valence-electron chi connectivity index (χ4n) is 2.12.